The van der Waals surface area contributed by atoms with Crippen molar-refractivity contribution in [3.63, 3.8) is 0 Å². The van der Waals surface area contributed by atoms with E-state index in [1.54, 1.807) is 48.5 Å². The Morgan fingerprint density at radius 2 is 1.96 bits per heavy atom. The maximum Gasteiger partial charge on any atom is 0.331 e. The molecule has 130 valence electrons. The summed E-state index contributed by atoms with van der Waals surface area (Å²) in [4.78, 5) is 11.9. The number of nitrogens with zero attached hydrogens (tertiary/aromatic N) is 2. The van der Waals surface area contributed by atoms with Crippen LogP contribution in [0.15, 0.2) is 48.5 Å². The summed E-state index contributed by atoms with van der Waals surface area (Å²) in [6.45, 7) is -0.0563. The van der Waals surface area contributed by atoms with Gasteiger partial charge in [-0.15, -0.1) is 0 Å². The third-order valence-corrected chi connectivity index (χ3v) is 3.40. The van der Waals surface area contributed by atoms with Gasteiger partial charge in [0, 0.05) is 11.6 Å². The lowest BCUT2D eigenvalue weighted by molar-refractivity contribution is -0.138. The molecule has 26 heavy (non-hydrogen) atoms. The predicted octanol–water partition coefficient (Wildman–Crippen LogP) is 3.23. The lowest BCUT2D eigenvalue weighted by Crippen LogP contribution is -2.02. The molecule has 0 bridgehead atoms. The number of nitriles is 2. The van der Waals surface area contributed by atoms with Crippen LogP contribution in [-0.2, 0) is 16.1 Å². The molecule has 0 aliphatic heterocycles. The first kappa shape index (κ1) is 18.6. The highest BCUT2D eigenvalue weighted by atomic mass is 16.5. The maximum atomic E-state index is 11.9. The number of carbonyl (C=O) groups is 1. The van der Waals surface area contributed by atoms with Crippen LogP contribution in [0, 0.1) is 22.7 Å². The summed E-state index contributed by atoms with van der Waals surface area (Å²) >= 11 is 0. The van der Waals surface area contributed by atoms with Crippen LogP contribution in [0.2, 0.25) is 0 Å². The molecule has 6 heteroatoms. The van der Waals surface area contributed by atoms with Crippen molar-refractivity contribution in [2.24, 2.45) is 0 Å². The SMILES string of the molecule is COc1cc(C=CC(=O)OCc2ccccc2C#N)ccc1OCC#N. The molecule has 0 atom stereocenters. The molecule has 2 aromatic carbocycles. The highest BCUT2D eigenvalue weighted by Crippen LogP contribution is 2.28. The average molecular weight is 348 g/mol. The summed E-state index contributed by atoms with van der Waals surface area (Å²) < 4.78 is 15.6. The first-order valence-corrected chi connectivity index (χ1v) is 7.68. The third kappa shape index (κ3) is 5.12. The molecule has 0 saturated carbocycles. The molecule has 0 unspecified atom stereocenters. The zero-order valence-electron chi connectivity index (χ0n) is 14.1. The quantitative estimate of drug-likeness (QED) is 0.563. The fourth-order valence-corrected chi connectivity index (χ4v) is 2.13. The van der Waals surface area contributed by atoms with E-state index in [1.165, 1.54) is 13.2 Å². The zero-order chi connectivity index (χ0) is 18.8. The molecule has 6 nitrogen and oxygen atoms in total. The Kier molecular flexibility index (Phi) is 6.79. The minimum Gasteiger partial charge on any atom is -0.493 e. The van der Waals surface area contributed by atoms with E-state index in [9.17, 15) is 4.79 Å². The van der Waals surface area contributed by atoms with Crippen LogP contribution in [-0.4, -0.2) is 19.7 Å². The van der Waals surface area contributed by atoms with Gasteiger partial charge in [0.2, 0.25) is 0 Å². The van der Waals surface area contributed by atoms with Crippen molar-refractivity contribution in [3.05, 3.63) is 65.2 Å². The van der Waals surface area contributed by atoms with E-state index < -0.39 is 5.97 Å². The second kappa shape index (κ2) is 9.51. The van der Waals surface area contributed by atoms with E-state index in [0.29, 0.717) is 28.2 Å². The predicted molar refractivity (Wildman–Crippen MR) is 94.1 cm³/mol. The summed E-state index contributed by atoms with van der Waals surface area (Å²) in [6, 6.07) is 15.9. The van der Waals surface area contributed by atoms with Gasteiger partial charge in [0.25, 0.3) is 0 Å². The fourth-order valence-electron chi connectivity index (χ4n) is 2.13. The average Bonchev–Trinajstić information content (AvgIpc) is 2.69. The summed E-state index contributed by atoms with van der Waals surface area (Å²) in [5.74, 6) is 0.377. The summed E-state index contributed by atoms with van der Waals surface area (Å²) in [7, 11) is 1.49. The van der Waals surface area contributed by atoms with Gasteiger partial charge in [-0.05, 0) is 29.8 Å². The van der Waals surface area contributed by atoms with Gasteiger partial charge in [-0.3, -0.25) is 0 Å². The van der Waals surface area contributed by atoms with E-state index >= 15 is 0 Å². The lowest BCUT2D eigenvalue weighted by Gasteiger charge is -2.08. The molecule has 0 N–H and O–H groups in total. The highest BCUT2D eigenvalue weighted by molar-refractivity contribution is 5.87. The molecule has 0 aliphatic carbocycles. The number of methoxy groups -OCH3 is 1. The van der Waals surface area contributed by atoms with Crippen molar-refractivity contribution < 1.29 is 19.0 Å². The molecule has 0 aromatic heterocycles. The molecule has 0 amide bonds. The van der Waals surface area contributed by atoms with Crippen molar-refractivity contribution >= 4 is 12.0 Å². The molecular formula is C20H16N2O4. The van der Waals surface area contributed by atoms with Crippen molar-refractivity contribution in [2.75, 3.05) is 13.7 Å². The molecule has 0 saturated heterocycles. The first-order chi connectivity index (χ1) is 12.7. The molecule has 0 spiro atoms. The van der Waals surface area contributed by atoms with Gasteiger partial charge < -0.3 is 14.2 Å². The van der Waals surface area contributed by atoms with Gasteiger partial charge in [-0.25, -0.2) is 4.79 Å². The molecular weight excluding hydrogens is 332 g/mol. The maximum absolute atomic E-state index is 11.9. The van der Waals surface area contributed by atoms with E-state index in [1.807, 2.05) is 6.07 Å². The van der Waals surface area contributed by atoms with Gasteiger partial charge >= 0.3 is 5.97 Å². The minimum atomic E-state index is -0.526. The fraction of sp³-hybridized carbons (Fsp3) is 0.150. The Morgan fingerprint density at radius 3 is 2.69 bits per heavy atom. The molecule has 0 aliphatic rings. The summed E-state index contributed by atoms with van der Waals surface area (Å²) in [5.41, 5.74) is 1.83. The number of carbonyl (C=O) groups excluding carboxylic acids is 1. The van der Waals surface area contributed by atoms with Crippen LogP contribution < -0.4 is 9.47 Å². The third-order valence-electron chi connectivity index (χ3n) is 3.40. The van der Waals surface area contributed by atoms with Crippen molar-refractivity contribution in [3.8, 4) is 23.6 Å². The van der Waals surface area contributed by atoms with Crippen molar-refractivity contribution in [1.29, 1.82) is 10.5 Å². The van der Waals surface area contributed by atoms with E-state index in [4.69, 9.17) is 24.7 Å². The molecule has 0 fully saturated rings. The smallest absolute Gasteiger partial charge is 0.331 e. The number of hydrogen-bond donors (Lipinski definition) is 0. The molecule has 2 rings (SSSR count). The van der Waals surface area contributed by atoms with Crippen LogP contribution >= 0.6 is 0 Å². The Labute approximate surface area is 151 Å². The normalized spacial score (nSPS) is 9.96. The van der Waals surface area contributed by atoms with Gasteiger partial charge in [0.05, 0.1) is 18.7 Å². The Balaban J connectivity index is 1.99. The van der Waals surface area contributed by atoms with Crippen LogP contribution in [0.1, 0.15) is 16.7 Å². The number of ether oxygens (including phenoxy) is 3. The number of hydrogen-bond acceptors (Lipinski definition) is 6. The van der Waals surface area contributed by atoms with Crippen molar-refractivity contribution in [1.82, 2.24) is 0 Å². The standard InChI is InChI=1S/C20H16N2O4/c1-24-19-12-15(6-8-18(19)25-11-10-21)7-9-20(23)26-14-17-5-3-2-4-16(17)13-22/h2-9,12H,11,14H2,1H3. The lowest BCUT2D eigenvalue weighted by atomic mass is 10.1. The summed E-state index contributed by atoms with van der Waals surface area (Å²) in [6.07, 6.45) is 2.87. The molecule has 0 heterocycles. The van der Waals surface area contributed by atoms with Crippen LogP contribution in [0.5, 0.6) is 11.5 Å². The second-order valence-corrected chi connectivity index (χ2v) is 5.07. The van der Waals surface area contributed by atoms with Crippen LogP contribution in [0.3, 0.4) is 0 Å². The topological polar surface area (TPSA) is 92.3 Å². The Hall–Kier alpha value is -3.77. The van der Waals surface area contributed by atoms with Crippen molar-refractivity contribution in [2.45, 2.75) is 6.61 Å². The monoisotopic (exact) mass is 348 g/mol. The Morgan fingerprint density at radius 1 is 1.15 bits per heavy atom. The largest absolute Gasteiger partial charge is 0.493 e. The van der Waals surface area contributed by atoms with Gasteiger partial charge in [-0.2, -0.15) is 10.5 Å². The highest BCUT2D eigenvalue weighted by Gasteiger charge is 2.06. The molecule has 2 aromatic rings. The number of benzene rings is 2. The zero-order valence-corrected chi connectivity index (χ0v) is 14.1. The van der Waals surface area contributed by atoms with Gasteiger partial charge in [-0.1, -0.05) is 24.3 Å². The number of rotatable bonds is 7. The van der Waals surface area contributed by atoms with Crippen LogP contribution in [0.4, 0.5) is 0 Å². The van der Waals surface area contributed by atoms with E-state index in [0.717, 1.165) is 0 Å². The Bertz CT molecular complexity index is 891. The van der Waals surface area contributed by atoms with Crippen LogP contribution in [0.25, 0.3) is 6.08 Å². The summed E-state index contributed by atoms with van der Waals surface area (Å²) in [5, 5.41) is 17.6. The number of esters is 1. The van der Waals surface area contributed by atoms with Gasteiger partial charge in [0.15, 0.2) is 18.1 Å². The van der Waals surface area contributed by atoms with E-state index in [2.05, 4.69) is 6.07 Å². The van der Waals surface area contributed by atoms with Gasteiger partial charge in [0.1, 0.15) is 12.7 Å². The first-order valence-electron chi connectivity index (χ1n) is 7.68. The second-order valence-electron chi connectivity index (χ2n) is 5.07. The minimum absolute atomic E-state index is 0.0250. The molecule has 0 radical (unpaired) electrons. The van der Waals surface area contributed by atoms with E-state index in [-0.39, 0.29) is 13.2 Å².